The van der Waals surface area contributed by atoms with Gasteiger partial charge in [0.15, 0.2) is 0 Å². The van der Waals surface area contributed by atoms with Gasteiger partial charge in [0, 0.05) is 24.7 Å². The first-order valence-corrected chi connectivity index (χ1v) is 7.82. The van der Waals surface area contributed by atoms with Crippen LogP contribution in [0.25, 0.3) is 0 Å². The first-order chi connectivity index (χ1) is 9.66. The average Bonchev–Trinajstić information content (AvgIpc) is 2.65. The fraction of sp³-hybridized carbons (Fsp3) is 0.647. The molecule has 0 spiro atoms. The van der Waals surface area contributed by atoms with Gasteiger partial charge in [0.2, 0.25) is 0 Å². The molecule has 112 valence electrons. The second-order valence-electron chi connectivity index (χ2n) is 6.16. The molecule has 1 N–H and O–H groups in total. The fourth-order valence-electron chi connectivity index (χ4n) is 2.61. The Balaban J connectivity index is 1.83. The van der Waals surface area contributed by atoms with Crippen LogP contribution in [0.5, 0.6) is 5.75 Å². The number of rotatable bonds is 6. The Morgan fingerprint density at radius 2 is 2.05 bits per heavy atom. The third-order valence-electron chi connectivity index (χ3n) is 3.90. The van der Waals surface area contributed by atoms with E-state index < -0.39 is 0 Å². The minimum Gasteiger partial charge on any atom is -0.492 e. The smallest absolute Gasteiger partial charge is 0.123 e. The van der Waals surface area contributed by atoms with Crippen LogP contribution < -0.4 is 10.1 Å². The predicted molar refractivity (Wildman–Crippen MR) is 84.1 cm³/mol. The van der Waals surface area contributed by atoms with E-state index in [2.05, 4.69) is 49.2 Å². The van der Waals surface area contributed by atoms with Crippen LogP contribution in [0, 0.1) is 5.92 Å². The van der Waals surface area contributed by atoms with Gasteiger partial charge in [0.05, 0.1) is 0 Å². The Labute approximate surface area is 123 Å². The van der Waals surface area contributed by atoms with Crippen LogP contribution in [0.15, 0.2) is 24.3 Å². The van der Waals surface area contributed by atoms with Crippen LogP contribution in [0.3, 0.4) is 0 Å². The third-order valence-corrected chi connectivity index (χ3v) is 3.90. The highest BCUT2D eigenvalue weighted by Gasteiger charge is 2.19. The molecule has 0 aliphatic carbocycles. The molecule has 2 rings (SSSR count). The van der Waals surface area contributed by atoms with Crippen LogP contribution in [-0.4, -0.2) is 37.2 Å². The van der Waals surface area contributed by atoms with E-state index in [0.717, 1.165) is 44.5 Å². The minimum absolute atomic E-state index is 0.587. The maximum Gasteiger partial charge on any atom is 0.123 e. The van der Waals surface area contributed by atoms with E-state index in [1.807, 2.05) is 6.07 Å². The highest BCUT2D eigenvalue weighted by atomic mass is 16.5. The molecule has 0 bridgehead atoms. The molecule has 1 aromatic carbocycles. The predicted octanol–water partition coefficient (Wildman–Crippen LogP) is 2.91. The first-order valence-electron chi connectivity index (χ1n) is 7.82. The zero-order chi connectivity index (χ0) is 14.4. The van der Waals surface area contributed by atoms with Crippen LogP contribution in [-0.2, 0) is 6.54 Å². The quantitative estimate of drug-likeness (QED) is 0.809. The van der Waals surface area contributed by atoms with Gasteiger partial charge < -0.3 is 10.1 Å². The molecular weight excluding hydrogens is 248 g/mol. The molecule has 0 saturated carbocycles. The fourth-order valence-corrected chi connectivity index (χ4v) is 2.61. The van der Waals surface area contributed by atoms with Gasteiger partial charge in [-0.05, 0) is 38.4 Å². The molecule has 3 nitrogen and oxygen atoms in total. The van der Waals surface area contributed by atoms with Crippen LogP contribution in [0.4, 0.5) is 0 Å². The topological polar surface area (TPSA) is 24.5 Å². The summed E-state index contributed by atoms with van der Waals surface area (Å²) >= 11 is 0. The second kappa shape index (κ2) is 7.65. The summed E-state index contributed by atoms with van der Waals surface area (Å²) in [5, 5.41) is 3.53. The Morgan fingerprint density at radius 1 is 1.25 bits per heavy atom. The largest absolute Gasteiger partial charge is 0.492 e. The van der Waals surface area contributed by atoms with Crippen molar-refractivity contribution in [3.63, 3.8) is 0 Å². The van der Waals surface area contributed by atoms with Gasteiger partial charge in [-0.3, -0.25) is 4.90 Å². The SMILES string of the molecule is CC(C)CNCCC(C)N1CCOc2ccccc2C1. The summed E-state index contributed by atoms with van der Waals surface area (Å²) in [6.07, 6.45) is 1.19. The van der Waals surface area contributed by atoms with E-state index >= 15 is 0 Å². The Hall–Kier alpha value is -1.06. The maximum absolute atomic E-state index is 5.83. The van der Waals surface area contributed by atoms with E-state index in [1.54, 1.807) is 0 Å². The zero-order valence-corrected chi connectivity index (χ0v) is 13.1. The summed E-state index contributed by atoms with van der Waals surface area (Å²) in [4.78, 5) is 2.53. The van der Waals surface area contributed by atoms with Crippen molar-refractivity contribution in [1.82, 2.24) is 10.2 Å². The second-order valence-corrected chi connectivity index (χ2v) is 6.16. The van der Waals surface area contributed by atoms with Crippen molar-refractivity contribution >= 4 is 0 Å². The summed E-state index contributed by atoms with van der Waals surface area (Å²) in [6.45, 7) is 11.8. The van der Waals surface area contributed by atoms with E-state index in [0.29, 0.717) is 6.04 Å². The minimum atomic E-state index is 0.587. The summed E-state index contributed by atoms with van der Waals surface area (Å²) < 4.78 is 5.83. The van der Waals surface area contributed by atoms with Crippen molar-refractivity contribution in [1.29, 1.82) is 0 Å². The Morgan fingerprint density at radius 3 is 2.85 bits per heavy atom. The third kappa shape index (κ3) is 4.50. The van der Waals surface area contributed by atoms with Gasteiger partial charge in [-0.15, -0.1) is 0 Å². The van der Waals surface area contributed by atoms with Gasteiger partial charge in [-0.2, -0.15) is 0 Å². The molecule has 0 aromatic heterocycles. The van der Waals surface area contributed by atoms with E-state index in [4.69, 9.17) is 4.74 Å². The lowest BCUT2D eigenvalue weighted by Gasteiger charge is -2.27. The number of ether oxygens (including phenoxy) is 1. The number of benzene rings is 1. The normalized spacial score (nSPS) is 17.4. The molecule has 1 aliphatic rings. The summed E-state index contributed by atoms with van der Waals surface area (Å²) in [7, 11) is 0. The van der Waals surface area contributed by atoms with Crippen molar-refractivity contribution in [2.24, 2.45) is 5.92 Å². The molecule has 1 atom stereocenters. The molecule has 0 saturated heterocycles. The van der Waals surface area contributed by atoms with E-state index in [-0.39, 0.29) is 0 Å². The van der Waals surface area contributed by atoms with Gasteiger partial charge in [-0.25, -0.2) is 0 Å². The molecule has 1 aliphatic heterocycles. The number of hydrogen-bond donors (Lipinski definition) is 1. The van der Waals surface area contributed by atoms with E-state index in [9.17, 15) is 0 Å². The highest BCUT2D eigenvalue weighted by Crippen LogP contribution is 2.23. The molecule has 1 unspecified atom stereocenters. The molecule has 0 amide bonds. The monoisotopic (exact) mass is 276 g/mol. The number of para-hydroxylation sites is 1. The molecule has 20 heavy (non-hydrogen) atoms. The van der Waals surface area contributed by atoms with Gasteiger partial charge in [0.25, 0.3) is 0 Å². The zero-order valence-electron chi connectivity index (χ0n) is 13.1. The van der Waals surface area contributed by atoms with Crippen molar-refractivity contribution < 1.29 is 4.74 Å². The lowest BCUT2D eigenvalue weighted by atomic mass is 10.1. The number of fused-ring (bicyclic) bond motifs is 1. The number of nitrogens with one attached hydrogen (secondary N) is 1. The molecule has 1 aromatic rings. The highest BCUT2D eigenvalue weighted by molar-refractivity contribution is 5.33. The summed E-state index contributed by atoms with van der Waals surface area (Å²) in [5.41, 5.74) is 1.31. The van der Waals surface area contributed by atoms with Crippen molar-refractivity contribution in [2.75, 3.05) is 26.2 Å². The van der Waals surface area contributed by atoms with Crippen LogP contribution >= 0.6 is 0 Å². The van der Waals surface area contributed by atoms with E-state index in [1.165, 1.54) is 12.0 Å². The number of hydrogen-bond acceptors (Lipinski definition) is 3. The van der Waals surface area contributed by atoms with Crippen molar-refractivity contribution in [3.8, 4) is 5.75 Å². The first kappa shape index (κ1) is 15.3. The molecule has 0 fully saturated rings. The van der Waals surface area contributed by atoms with Crippen molar-refractivity contribution in [3.05, 3.63) is 29.8 Å². The summed E-state index contributed by atoms with van der Waals surface area (Å²) in [5.74, 6) is 1.78. The van der Waals surface area contributed by atoms with Crippen LogP contribution in [0.1, 0.15) is 32.8 Å². The molecule has 3 heteroatoms. The van der Waals surface area contributed by atoms with Crippen LogP contribution in [0.2, 0.25) is 0 Å². The molecule has 1 heterocycles. The average molecular weight is 276 g/mol. The van der Waals surface area contributed by atoms with Gasteiger partial charge >= 0.3 is 0 Å². The number of nitrogens with zero attached hydrogens (tertiary/aromatic N) is 1. The Kier molecular flexibility index (Phi) is 5.86. The van der Waals surface area contributed by atoms with Gasteiger partial charge in [0.1, 0.15) is 12.4 Å². The summed E-state index contributed by atoms with van der Waals surface area (Å²) in [6, 6.07) is 8.99. The Bertz CT molecular complexity index is 406. The lowest BCUT2D eigenvalue weighted by Crippen LogP contribution is -2.36. The molecular formula is C17H28N2O. The lowest BCUT2D eigenvalue weighted by molar-refractivity contribution is 0.171. The van der Waals surface area contributed by atoms with Crippen molar-refractivity contribution in [2.45, 2.75) is 39.8 Å². The maximum atomic E-state index is 5.83. The molecule has 0 radical (unpaired) electrons. The standard InChI is InChI=1S/C17H28N2O/c1-14(2)12-18-9-8-15(3)19-10-11-20-17-7-5-4-6-16(17)13-19/h4-7,14-15,18H,8-13H2,1-3H3. The van der Waals surface area contributed by atoms with Gasteiger partial charge in [-0.1, -0.05) is 32.0 Å².